The third-order valence-corrected chi connectivity index (χ3v) is 5.56. The highest BCUT2D eigenvalue weighted by Gasteiger charge is 2.20. The first kappa shape index (κ1) is 29.4. The van der Waals surface area contributed by atoms with Crippen LogP contribution in [0.5, 0.6) is 5.75 Å². The molecule has 196 valence electrons. The summed E-state index contributed by atoms with van der Waals surface area (Å²) in [5, 5.41) is 6.07. The van der Waals surface area contributed by atoms with Gasteiger partial charge in [0.15, 0.2) is 0 Å². The normalized spacial score (nSPS) is 11.2. The molecule has 0 spiro atoms. The Bertz CT molecular complexity index is 1200. The van der Waals surface area contributed by atoms with Crippen LogP contribution in [0.3, 0.4) is 0 Å². The summed E-state index contributed by atoms with van der Waals surface area (Å²) >= 11 is 6.27. The van der Waals surface area contributed by atoms with Crippen LogP contribution in [0.2, 0.25) is 5.02 Å². The van der Waals surface area contributed by atoms with Crippen LogP contribution in [0, 0.1) is 0 Å². The molecule has 0 saturated carbocycles. The summed E-state index contributed by atoms with van der Waals surface area (Å²) in [5.41, 5.74) is 2.43. The topological polar surface area (TPSA) is 93.7 Å². The van der Waals surface area contributed by atoms with Gasteiger partial charge < -0.3 is 20.1 Å². The van der Waals surface area contributed by atoms with Crippen LogP contribution in [0.25, 0.3) is 0 Å². The van der Waals surface area contributed by atoms with Crippen molar-refractivity contribution >= 4 is 35.1 Å². The maximum absolute atomic E-state index is 12.9. The molecule has 0 aliphatic carbocycles. The van der Waals surface area contributed by atoms with E-state index in [4.69, 9.17) is 21.1 Å². The number of carbonyl (C=O) groups excluding carboxylic acids is 3. The molecule has 0 aliphatic heterocycles. The maximum atomic E-state index is 12.9. The second-order valence-electron chi connectivity index (χ2n) is 8.48. The van der Waals surface area contributed by atoms with Crippen molar-refractivity contribution in [1.82, 2.24) is 5.32 Å². The molecular weight excluding hydrogens is 492 g/mol. The minimum absolute atomic E-state index is 0. The first-order valence-electron chi connectivity index (χ1n) is 11.5. The fourth-order valence-electron chi connectivity index (χ4n) is 3.52. The van der Waals surface area contributed by atoms with Crippen molar-refractivity contribution in [3.05, 3.63) is 94.5 Å². The molecule has 1 atom stereocenters. The smallest absolute Gasteiger partial charge is 0.307 e. The Morgan fingerprint density at radius 3 is 2.16 bits per heavy atom. The highest BCUT2D eigenvalue weighted by Crippen LogP contribution is 2.26. The lowest BCUT2D eigenvalue weighted by atomic mass is 10.0. The largest absolute Gasteiger partial charge is 0.489 e. The number of ether oxygens (including phenoxy) is 2. The number of methoxy groups -OCH3 is 1. The predicted octanol–water partition coefficient (Wildman–Crippen LogP) is 5.92. The van der Waals surface area contributed by atoms with Gasteiger partial charge in [-0.3, -0.25) is 14.4 Å². The average Bonchev–Trinajstić information content (AvgIpc) is 2.86. The zero-order valence-corrected chi connectivity index (χ0v) is 21.2. The van der Waals surface area contributed by atoms with Crippen molar-refractivity contribution in [2.45, 2.75) is 46.3 Å². The quantitative estimate of drug-likeness (QED) is 0.321. The van der Waals surface area contributed by atoms with E-state index in [2.05, 4.69) is 10.6 Å². The van der Waals surface area contributed by atoms with Gasteiger partial charge in [0.05, 0.1) is 24.7 Å². The zero-order chi connectivity index (χ0) is 26.1. The Labute approximate surface area is 223 Å². The van der Waals surface area contributed by atoms with Crippen molar-refractivity contribution in [1.29, 1.82) is 0 Å². The molecule has 0 aromatic heterocycles. The molecule has 3 aromatic carbocycles. The van der Waals surface area contributed by atoms with E-state index in [0.29, 0.717) is 34.0 Å². The van der Waals surface area contributed by atoms with Gasteiger partial charge >= 0.3 is 5.97 Å². The highest BCUT2D eigenvalue weighted by atomic mass is 35.5. The molecule has 3 rings (SSSR count). The Balaban J connectivity index is 0.00000481. The number of halogens is 1. The van der Waals surface area contributed by atoms with Crippen molar-refractivity contribution in [2.75, 3.05) is 12.4 Å². The van der Waals surface area contributed by atoms with E-state index >= 15 is 0 Å². The monoisotopic (exact) mass is 524 g/mol. The van der Waals surface area contributed by atoms with Crippen LogP contribution in [0.4, 0.5) is 5.69 Å². The second kappa shape index (κ2) is 14.0. The minimum Gasteiger partial charge on any atom is -0.489 e. The van der Waals surface area contributed by atoms with Crippen LogP contribution < -0.4 is 15.4 Å². The molecule has 0 fully saturated rings. The van der Waals surface area contributed by atoms with Gasteiger partial charge in [0, 0.05) is 22.9 Å². The molecule has 2 amide bonds. The predicted molar refractivity (Wildman–Crippen MR) is 146 cm³/mol. The van der Waals surface area contributed by atoms with Gasteiger partial charge in [-0.05, 0) is 68.3 Å². The SMILES string of the molecule is C.COC(=O)C[C@H](Cc1ccc(NC(=O)c2ccccc2)cc1)NC(=O)c1ccc(OC(C)C)c(Cl)c1. The van der Waals surface area contributed by atoms with E-state index in [9.17, 15) is 14.4 Å². The molecule has 0 saturated heterocycles. The van der Waals surface area contributed by atoms with Gasteiger partial charge in [-0.2, -0.15) is 0 Å². The molecule has 0 bridgehead atoms. The molecular formula is C29H33ClN2O5. The Kier molecular flexibility index (Phi) is 11.2. The van der Waals surface area contributed by atoms with Gasteiger partial charge in [-0.15, -0.1) is 0 Å². The van der Waals surface area contributed by atoms with E-state index in [0.717, 1.165) is 5.56 Å². The molecule has 3 aromatic rings. The van der Waals surface area contributed by atoms with E-state index in [-0.39, 0.29) is 31.8 Å². The fourth-order valence-corrected chi connectivity index (χ4v) is 3.75. The van der Waals surface area contributed by atoms with Gasteiger partial charge in [-0.1, -0.05) is 49.4 Å². The number of esters is 1. The number of hydrogen-bond donors (Lipinski definition) is 2. The molecule has 7 nitrogen and oxygen atoms in total. The van der Waals surface area contributed by atoms with Gasteiger partial charge in [-0.25, -0.2) is 0 Å². The Hall–Kier alpha value is -3.84. The van der Waals surface area contributed by atoms with Crippen molar-refractivity contribution in [2.24, 2.45) is 0 Å². The molecule has 2 N–H and O–H groups in total. The van der Waals surface area contributed by atoms with Crippen LogP contribution in [-0.4, -0.2) is 37.0 Å². The summed E-state index contributed by atoms with van der Waals surface area (Å²) < 4.78 is 10.4. The van der Waals surface area contributed by atoms with Gasteiger partial charge in [0.25, 0.3) is 11.8 Å². The molecule has 0 aliphatic rings. The summed E-state index contributed by atoms with van der Waals surface area (Å²) in [6.45, 7) is 3.77. The number of nitrogens with one attached hydrogen (secondary N) is 2. The van der Waals surface area contributed by atoms with Crippen LogP contribution >= 0.6 is 11.6 Å². The first-order valence-corrected chi connectivity index (χ1v) is 11.9. The number of carbonyl (C=O) groups is 3. The van der Waals surface area contributed by atoms with Gasteiger partial charge in [0.1, 0.15) is 5.75 Å². The lowest BCUT2D eigenvalue weighted by Gasteiger charge is -2.19. The highest BCUT2D eigenvalue weighted by molar-refractivity contribution is 6.32. The average molecular weight is 525 g/mol. The van der Waals surface area contributed by atoms with Crippen LogP contribution in [0.15, 0.2) is 72.8 Å². The lowest BCUT2D eigenvalue weighted by molar-refractivity contribution is -0.141. The lowest BCUT2D eigenvalue weighted by Crippen LogP contribution is -2.38. The van der Waals surface area contributed by atoms with Crippen molar-refractivity contribution in [3.63, 3.8) is 0 Å². The van der Waals surface area contributed by atoms with Gasteiger partial charge in [0.2, 0.25) is 0 Å². The van der Waals surface area contributed by atoms with E-state index in [1.54, 1.807) is 48.5 Å². The first-order chi connectivity index (χ1) is 17.2. The number of amides is 2. The third-order valence-electron chi connectivity index (χ3n) is 5.26. The molecule has 37 heavy (non-hydrogen) atoms. The van der Waals surface area contributed by atoms with Crippen LogP contribution in [0.1, 0.15) is 54.0 Å². The molecule has 0 heterocycles. The number of rotatable bonds is 10. The summed E-state index contributed by atoms with van der Waals surface area (Å²) in [6, 6.07) is 20.5. The maximum Gasteiger partial charge on any atom is 0.307 e. The molecule has 0 unspecified atom stereocenters. The van der Waals surface area contributed by atoms with E-state index < -0.39 is 12.0 Å². The summed E-state index contributed by atoms with van der Waals surface area (Å²) in [5.74, 6) is -0.518. The van der Waals surface area contributed by atoms with E-state index in [1.165, 1.54) is 13.2 Å². The zero-order valence-electron chi connectivity index (χ0n) is 20.4. The second-order valence-corrected chi connectivity index (χ2v) is 8.89. The Morgan fingerprint density at radius 1 is 0.892 bits per heavy atom. The van der Waals surface area contributed by atoms with E-state index in [1.807, 2.05) is 32.0 Å². The fraction of sp³-hybridized carbons (Fsp3) is 0.276. The molecule has 8 heteroatoms. The standard InChI is InChI=1S/C28H29ClN2O5.CH4/c1-18(2)36-25-14-11-21(16-24(25)29)28(34)31-23(17-26(32)35-3)15-19-9-12-22(13-10-19)30-27(33)20-7-5-4-6-8-20;/h4-14,16,18,23H,15,17H2,1-3H3,(H,30,33)(H,31,34);1H4/t23-;/m0./s1. The summed E-state index contributed by atoms with van der Waals surface area (Å²) in [4.78, 5) is 37.2. The number of benzene rings is 3. The minimum atomic E-state index is -0.514. The van der Waals surface area contributed by atoms with Crippen molar-refractivity contribution < 1.29 is 23.9 Å². The summed E-state index contributed by atoms with van der Waals surface area (Å²) in [6.07, 6.45) is 0.331. The Morgan fingerprint density at radius 2 is 1.57 bits per heavy atom. The van der Waals surface area contributed by atoms with Crippen molar-refractivity contribution in [3.8, 4) is 5.75 Å². The van der Waals surface area contributed by atoms with Crippen LogP contribution in [-0.2, 0) is 16.0 Å². The summed E-state index contributed by atoms with van der Waals surface area (Å²) in [7, 11) is 1.30. The number of hydrogen-bond acceptors (Lipinski definition) is 5. The third kappa shape index (κ3) is 8.95. The molecule has 0 radical (unpaired) electrons. The number of anilines is 1.